The molecule has 0 atom stereocenters. The van der Waals surface area contributed by atoms with Crippen LogP contribution in [0.1, 0.15) is 41.2 Å². The second-order valence-electron chi connectivity index (χ2n) is 7.65. The summed E-state index contributed by atoms with van der Waals surface area (Å²) in [6, 6.07) is 22.9. The summed E-state index contributed by atoms with van der Waals surface area (Å²) < 4.78 is 12.3. The van der Waals surface area contributed by atoms with Crippen molar-refractivity contribution in [3.8, 4) is 17.2 Å². The third-order valence-electron chi connectivity index (χ3n) is 5.38. The smallest absolute Gasteiger partial charge is 0.340 e. The number of para-hydroxylation sites is 1. The molecule has 7 nitrogen and oxygen atoms in total. The summed E-state index contributed by atoms with van der Waals surface area (Å²) in [5.41, 5.74) is 4.75. The number of ether oxygens (including phenoxy) is 2. The van der Waals surface area contributed by atoms with Crippen molar-refractivity contribution in [3.05, 3.63) is 89.2 Å². The Hall–Kier alpha value is -4.44. The van der Waals surface area contributed by atoms with Gasteiger partial charge in [-0.3, -0.25) is 4.79 Å². The largest absolute Gasteiger partial charge is 0.462 e. The second kappa shape index (κ2) is 10.0. The highest BCUT2D eigenvalue weighted by molar-refractivity contribution is 6.02. The van der Waals surface area contributed by atoms with Crippen molar-refractivity contribution in [2.75, 3.05) is 6.61 Å². The number of nitrogens with zero attached hydrogens (tertiary/aromatic N) is 3. The molecule has 0 fully saturated rings. The van der Waals surface area contributed by atoms with E-state index in [0.717, 1.165) is 16.7 Å². The van der Waals surface area contributed by atoms with Crippen molar-refractivity contribution >= 4 is 23.0 Å². The van der Waals surface area contributed by atoms with Gasteiger partial charge in [-0.1, -0.05) is 48.5 Å². The molecule has 0 aliphatic carbocycles. The molecule has 0 radical (unpaired) electrons. The monoisotopic (exact) mass is 453 g/mol. The molecule has 0 N–H and O–H groups in total. The van der Waals surface area contributed by atoms with Gasteiger partial charge >= 0.3 is 11.9 Å². The number of esters is 2. The second-order valence-corrected chi connectivity index (χ2v) is 7.65. The minimum atomic E-state index is -0.453. The first-order valence-corrected chi connectivity index (χ1v) is 10.9. The summed E-state index contributed by atoms with van der Waals surface area (Å²) in [7, 11) is 0. The summed E-state index contributed by atoms with van der Waals surface area (Å²) in [5.74, 6) is -0.388. The van der Waals surface area contributed by atoms with E-state index in [9.17, 15) is 14.9 Å². The Kier molecular flexibility index (Phi) is 6.69. The fourth-order valence-corrected chi connectivity index (χ4v) is 3.89. The lowest BCUT2D eigenvalue weighted by Gasteiger charge is -2.13. The maximum atomic E-state index is 12.6. The molecule has 3 aromatic carbocycles. The topological polar surface area (TPSA) is 94.2 Å². The Bertz CT molecular complexity index is 1400. The number of carbonyl (C=O) groups is 2. The van der Waals surface area contributed by atoms with Crippen LogP contribution in [0.25, 0.3) is 22.2 Å². The van der Waals surface area contributed by atoms with E-state index >= 15 is 0 Å². The number of rotatable bonds is 7. The summed E-state index contributed by atoms with van der Waals surface area (Å²) in [4.78, 5) is 28.7. The Morgan fingerprint density at radius 2 is 1.82 bits per heavy atom. The molecule has 1 aromatic heterocycles. The third kappa shape index (κ3) is 4.66. The molecule has 4 aromatic rings. The van der Waals surface area contributed by atoms with E-state index in [0.29, 0.717) is 34.5 Å². The number of fused-ring (bicyclic) bond motifs is 1. The summed E-state index contributed by atoms with van der Waals surface area (Å²) in [6.07, 6.45) is 0. The molecule has 34 heavy (non-hydrogen) atoms. The molecular weight excluding hydrogens is 430 g/mol. The molecule has 0 aliphatic heterocycles. The number of nitriles is 1. The van der Waals surface area contributed by atoms with Crippen LogP contribution in [0.5, 0.6) is 0 Å². The number of imidazole rings is 1. The fourth-order valence-electron chi connectivity index (χ4n) is 3.89. The zero-order valence-electron chi connectivity index (χ0n) is 18.9. The van der Waals surface area contributed by atoms with Gasteiger partial charge in [-0.25, -0.2) is 9.78 Å². The Balaban J connectivity index is 1.81. The van der Waals surface area contributed by atoms with Gasteiger partial charge in [0.05, 0.1) is 34.8 Å². The molecule has 0 unspecified atom stereocenters. The molecule has 0 spiro atoms. The number of hydrogen-bond donors (Lipinski definition) is 0. The Labute approximate surface area is 197 Å². The van der Waals surface area contributed by atoms with Gasteiger partial charge < -0.3 is 14.0 Å². The predicted octanol–water partition coefficient (Wildman–Crippen LogP) is 4.86. The van der Waals surface area contributed by atoms with Gasteiger partial charge in [0.2, 0.25) is 0 Å². The van der Waals surface area contributed by atoms with Crippen molar-refractivity contribution < 1.29 is 19.1 Å². The van der Waals surface area contributed by atoms with Crippen LogP contribution in [-0.2, 0) is 27.4 Å². The van der Waals surface area contributed by atoms with Crippen molar-refractivity contribution in [2.24, 2.45) is 0 Å². The molecule has 0 saturated heterocycles. The van der Waals surface area contributed by atoms with E-state index in [1.165, 1.54) is 6.92 Å². The highest BCUT2D eigenvalue weighted by atomic mass is 16.5. The fraction of sp³-hybridized carbons (Fsp3) is 0.185. The van der Waals surface area contributed by atoms with Crippen LogP contribution in [0.2, 0.25) is 0 Å². The lowest BCUT2D eigenvalue weighted by atomic mass is 9.98. The molecule has 7 heteroatoms. The number of carbonyl (C=O) groups excluding carboxylic acids is 2. The van der Waals surface area contributed by atoms with Gasteiger partial charge in [0, 0.05) is 13.5 Å². The first-order chi connectivity index (χ1) is 16.5. The van der Waals surface area contributed by atoms with E-state index in [1.807, 2.05) is 53.1 Å². The van der Waals surface area contributed by atoms with Crippen LogP contribution in [0.3, 0.4) is 0 Å². The average Bonchev–Trinajstić information content (AvgIpc) is 3.20. The van der Waals surface area contributed by atoms with Crippen LogP contribution >= 0.6 is 0 Å². The Morgan fingerprint density at radius 3 is 2.53 bits per heavy atom. The van der Waals surface area contributed by atoms with Crippen LogP contribution in [0.4, 0.5) is 0 Å². The van der Waals surface area contributed by atoms with Crippen LogP contribution < -0.4 is 0 Å². The van der Waals surface area contributed by atoms with E-state index in [1.54, 1.807) is 25.1 Å². The molecule has 0 saturated carbocycles. The molecule has 0 amide bonds. The van der Waals surface area contributed by atoms with Gasteiger partial charge in [-0.15, -0.1) is 0 Å². The molecule has 4 rings (SSSR count). The minimum Gasteiger partial charge on any atom is -0.462 e. The van der Waals surface area contributed by atoms with E-state index in [4.69, 9.17) is 9.47 Å². The van der Waals surface area contributed by atoms with E-state index < -0.39 is 11.9 Å². The first-order valence-electron chi connectivity index (χ1n) is 10.9. The highest BCUT2D eigenvalue weighted by Crippen LogP contribution is 2.27. The highest BCUT2D eigenvalue weighted by Gasteiger charge is 2.20. The molecule has 170 valence electrons. The van der Waals surface area contributed by atoms with Crippen molar-refractivity contribution in [1.82, 2.24) is 9.55 Å². The van der Waals surface area contributed by atoms with Gasteiger partial charge in [-0.05, 0) is 41.8 Å². The quantitative estimate of drug-likeness (QED) is 0.371. The van der Waals surface area contributed by atoms with Crippen molar-refractivity contribution in [3.63, 3.8) is 0 Å². The maximum absolute atomic E-state index is 12.6. The number of benzene rings is 3. The van der Waals surface area contributed by atoms with E-state index in [2.05, 4.69) is 11.1 Å². The lowest BCUT2D eigenvalue weighted by Crippen LogP contribution is -2.12. The average molecular weight is 453 g/mol. The predicted molar refractivity (Wildman–Crippen MR) is 127 cm³/mol. The minimum absolute atomic E-state index is 0.0422. The third-order valence-corrected chi connectivity index (χ3v) is 5.38. The van der Waals surface area contributed by atoms with Crippen LogP contribution in [-0.4, -0.2) is 28.1 Å². The molecule has 1 heterocycles. The zero-order valence-corrected chi connectivity index (χ0v) is 18.9. The Morgan fingerprint density at radius 1 is 1.03 bits per heavy atom. The standard InChI is InChI=1S/C27H23N3O4/c1-3-33-27(32)23-10-7-11-24-26(23)30(25(29-24)17-34-18(2)31)16-19-12-13-22(21(14-19)15-28)20-8-5-4-6-9-20/h4-14H,3,16-17H2,1-2H3. The summed E-state index contributed by atoms with van der Waals surface area (Å²) in [5, 5.41) is 9.79. The van der Waals surface area contributed by atoms with Gasteiger partial charge in [-0.2, -0.15) is 5.26 Å². The van der Waals surface area contributed by atoms with Crippen LogP contribution in [0.15, 0.2) is 66.7 Å². The number of hydrogen-bond acceptors (Lipinski definition) is 6. The number of aromatic nitrogens is 2. The summed E-state index contributed by atoms with van der Waals surface area (Å²) in [6.45, 7) is 3.61. The molecule has 0 bridgehead atoms. The van der Waals surface area contributed by atoms with Crippen molar-refractivity contribution in [2.45, 2.75) is 27.0 Å². The van der Waals surface area contributed by atoms with E-state index in [-0.39, 0.29) is 13.2 Å². The van der Waals surface area contributed by atoms with Gasteiger partial charge in [0.1, 0.15) is 12.4 Å². The maximum Gasteiger partial charge on any atom is 0.340 e. The normalized spacial score (nSPS) is 10.6. The van der Waals surface area contributed by atoms with Crippen molar-refractivity contribution in [1.29, 1.82) is 5.26 Å². The zero-order chi connectivity index (χ0) is 24.1. The lowest BCUT2D eigenvalue weighted by molar-refractivity contribution is -0.142. The van der Waals surface area contributed by atoms with Crippen LogP contribution in [0, 0.1) is 11.3 Å². The first kappa shape index (κ1) is 22.7. The molecular formula is C27H23N3O4. The summed E-state index contributed by atoms with van der Waals surface area (Å²) >= 11 is 0. The SMILES string of the molecule is CCOC(=O)c1cccc2nc(COC(C)=O)n(Cc3ccc(-c4ccccc4)c(C#N)c3)c12. The molecule has 0 aliphatic rings. The van der Waals surface area contributed by atoms with Gasteiger partial charge in [0.15, 0.2) is 0 Å². The van der Waals surface area contributed by atoms with Gasteiger partial charge in [0.25, 0.3) is 0 Å².